The molecule has 0 aromatic heterocycles. The molecule has 0 unspecified atom stereocenters. The second kappa shape index (κ2) is 3.26. The van der Waals surface area contributed by atoms with Crippen LogP contribution in [-0.4, -0.2) is 29.4 Å². The average Bonchev–Trinajstić information content (AvgIpc) is 2.29. The zero-order valence-corrected chi connectivity index (χ0v) is 9.58. The van der Waals surface area contributed by atoms with Gasteiger partial charge in [0.25, 0.3) is 0 Å². The molecule has 0 atom stereocenters. The third-order valence-electron chi connectivity index (χ3n) is 2.06. The number of hydrogen-bond acceptors (Lipinski definition) is 6. The molecular formula is C8H5IN6. The van der Waals surface area contributed by atoms with E-state index in [0.29, 0.717) is 5.96 Å². The van der Waals surface area contributed by atoms with E-state index in [1.165, 1.54) is 12.7 Å². The summed E-state index contributed by atoms with van der Waals surface area (Å²) in [4.78, 5) is 18.3. The van der Waals surface area contributed by atoms with Crippen LogP contribution >= 0.6 is 22.9 Å². The van der Waals surface area contributed by atoms with Gasteiger partial charge in [-0.3, -0.25) is 0 Å². The van der Waals surface area contributed by atoms with Crippen molar-refractivity contribution >= 4 is 47.3 Å². The summed E-state index contributed by atoms with van der Waals surface area (Å²) < 4.78 is 3.03. The maximum atomic E-state index is 4.17. The number of halogens is 1. The van der Waals surface area contributed by atoms with Gasteiger partial charge in [0.1, 0.15) is 24.3 Å². The van der Waals surface area contributed by atoms with E-state index in [0.717, 1.165) is 17.4 Å². The Morgan fingerprint density at radius 2 is 2.00 bits per heavy atom. The van der Waals surface area contributed by atoms with Crippen molar-refractivity contribution in [2.75, 3.05) is 0 Å². The lowest BCUT2D eigenvalue weighted by molar-refractivity contribution is 0.710. The van der Waals surface area contributed by atoms with Crippen molar-refractivity contribution in [1.29, 1.82) is 0 Å². The zero-order chi connectivity index (χ0) is 10.3. The first-order valence-corrected chi connectivity index (χ1v) is 5.27. The van der Waals surface area contributed by atoms with Gasteiger partial charge in [-0.15, -0.1) is 0 Å². The van der Waals surface area contributed by atoms with E-state index in [9.17, 15) is 0 Å². The number of nitrogens with zero attached hydrogens (tertiary/aromatic N) is 5. The number of rotatable bonds is 1. The van der Waals surface area contributed by atoms with Crippen LogP contribution in [-0.2, 0) is 0 Å². The Morgan fingerprint density at radius 3 is 2.87 bits per heavy atom. The second-order valence-corrected chi connectivity index (χ2v) is 3.48. The van der Waals surface area contributed by atoms with Gasteiger partial charge in [0.05, 0.1) is 28.6 Å². The molecule has 0 fully saturated rings. The molecule has 6 nitrogen and oxygen atoms in total. The molecule has 0 aromatic carbocycles. The van der Waals surface area contributed by atoms with Gasteiger partial charge in [0.15, 0.2) is 0 Å². The number of nitrogens with one attached hydrogen (secondary N) is 1. The predicted molar refractivity (Wildman–Crippen MR) is 67.0 cm³/mol. The molecule has 1 N–H and O–H groups in total. The molecule has 0 aliphatic carbocycles. The van der Waals surface area contributed by atoms with E-state index in [1.54, 1.807) is 4.90 Å². The van der Waals surface area contributed by atoms with Crippen molar-refractivity contribution in [1.82, 2.24) is 8.43 Å². The second-order valence-electron chi connectivity index (χ2n) is 2.94. The third kappa shape index (κ3) is 1.30. The first kappa shape index (κ1) is 8.77. The number of hydrogen-bond donors (Lipinski definition) is 1. The maximum absolute atomic E-state index is 4.17. The smallest absolute Gasteiger partial charge is 0.240 e. The number of aliphatic imine (C=N–C) groups is 4. The highest BCUT2D eigenvalue weighted by molar-refractivity contribution is 14.1. The van der Waals surface area contributed by atoms with E-state index >= 15 is 0 Å². The highest BCUT2D eigenvalue weighted by atomic mass is 127. The quantitative estimate of drug-likeness (QED) is 0.575. The van der Waals surface area contributed by atoms with Crippen LogP contribution in [0.15, 0.2) is 43.6 Å². The summed E-state index contributed by atoms with van der Waals surface area (Å²) in [5.74, 6) is 2.15. The summed E-state index contributed by atoms with van der Waals surface area (Å²) in [6.07, 6.45) is 6.82. The molecule has 0 saturated heterocycles. The minimum Gasteiger partial charge on any atom is -0.328 e. The van der Waals surface area contributed by atoms with Crippen LogP contribution in [0.25, 0.3) is 0 Å². The highest BCUT2D eigenvalue weighted by Crippen LogP contribution is 2.22. The van der Waals surface area contributed by atoms with Gasteiger partial charge >= 0.3 is 0 Å². The molecule has 0 spiro atoms. The average molecular weight is 312 g/mol. The summed E-state index contributed by atoms with van der Waals surface area (Å²) in [6.45, 7) is 0. The normalized spacial score (nSPS) is 21.3. The number of allylic oxidation sites excluding steroid dienone is 1. The lowest BCUT2D eigenvalue weighted by Gasteiger charge is -2.29. The van der Waals surface area contributed by atoms with Crippen LogP contribution in [0, 0.1) is 0 Å². The van der Waals surface area contributed by atoms with Gasteiger partial charge in [0, 0.05) is 12.2 Å². The molecule has 15 heavy (non-hydrogen) atoms. The first-order chi connectivity index (χ1) is 7.38. The largest absolute Gasteiger partial charge is 0.328 e. The molecule has 74 valence electrons. The molecule has 3 aliphatic rings. The van der Waals surface area contributed by atoms with Crippen molar-refractivity contribution < 1.29 is 0 Å². The molecule has 0 aromatic rings. The van der Waals surface area contributed by atoms with E-state index in [1.807, 2.05) is 12.2 Å². The Bertz CT molecular complexity index is 493. The van der Waals surface area contributed by atoms with Crippen LogP contribution in [0.4, 0.5) is 0 Å². The zero-order valence-electron chi connectivity index (χ0n) is 7.42. The van der Waals surface area contributed by atoms with Crippen LogP contribution in [0.2, 0.25) is 0 Å². The molecular weight excluding hydrogens is 307 g/mol. The van der Waals surface area contributed by atoms with Crippen molar-refractivity contribution in [3.63, 3.8) is 0 Å². The van der Waals surface area contributed by atoms with Gasteiger partial charge in [-0.2, -0.15) is 0 Å². The van der Waals surface area contributed by atoms with Crippen molar-refractivity contribution in [2.45, 2.75) is 0 Å². The van der Waals surface area contributed by atoms with E-state index in [4.69, 9.17) is 0 Å². The Kier molecular flexibility index (Phi) is 1.91. The first-order valence-electron chi connectivity index (χ1n) is 4.19. The molecule has 3 rings (SSSR count). The van der Waals surface area contributed by atoms with Crippen molar-refractivity contribution in [3.05, 3.63) is 23.7 Å². The Morgan fingerprint density at radius 1 is 1.13 bits per heavy atom. The van der Waals surface area contributed by atoms with Crippen LogP contribution < -0.4 is 3.53 Å². The lowest BCUT2D eigenvalue weighted by Crippen LogP contribution is -2.40. The fourth-order valence-electron chi connectivity index (χ4n) is 1.44. The van der Waals surface area contributed by atoms with Gasteiger partial charge in [-0.1, -0.05) is 0 Å². The molecule has 0 bridgehead atoms. The summed E-state index contributed by atoms with van der Waals surface area (Å²) in [6, 6.07) is 0. The fourth-order valence-corrected chi connectivity index (χ4v) is 1.76. The molecule has 7 heteroatoms. The highest BCUT2D eigenvalue weighted by Gasteiger charge is 2.27. The van der Waals surface area contributed by atoms with Gasteiger partial charge in [-0.25, -0.2) is 24.9 Å². The van der Waals surface area contributed by atoms with E-state index < -0.39 is 0 Å². The summed E-state index contributed by atoms with van der Waals surface area (Å²) >= 11 is 2.07. The molecule has 3 aliphatic heterocycles. The minimum atomic E-state index is 0.602. The minimum absolute atomic E-state index is 0.602. The van der Waals surface area contributed by atoms with E-state index in [-0.39, 0.29) is 0 Å². The number of amidine groups is 1. The van der Waals surface area contributed by atoms with Gasteiger partial charge in [0.2, 0.25) is 5.96 Å². The van der Waals surface area contributed by atoms with Crippen LogP contribution in [0.1, 0.15) is 0 Å². The van der Waals surface area contributed by atoms with Gasteiger partial charge < -0.3 is 3.53 Å². The Labute approximate surface area is 99.4 Å². The monoisotopic (exact) mass is 312 g/mol. The predicted octanol–water partition coefficient (Wildman–Crippen LogP) is 0.805. The molecule has 3 heterocycles. The third-order valence-corrected chi connectivity index (χ3v) is 2.69. The standard InChI is InChI=1S/C8H5IN6/c9-14-5-1-6-10-3-12-8-13-4-11-7(2-5)15(6)8/h1-4,14H. The number of guanidine groups is 1. The maximum Gasteiger partial charge on any atom is 0.240 e. The summed E-state index contributed by atoms with van der Waals surface area (Å²) in [5, 5.41) is 0. The van der Waals surface area contributed by atoms with Crippen LogP contribution in [0.5, 0.6) is 0 Å². The molecule has 0 amide bonds. The van der Waals surface area contributed by atoms with Crippen molar-refractivity contribution in [3.8, 4) is 0 Å². The van der Waals surface area contributed by atoms with Gasteiger partial charge in [-0.05, 0) is 0 Å². The lowest BCUT2D eigenvalue weighted by atomic mass is 10.2. The van der Waals surface area contributed by atoms with E-state index in [2.05, 4.69) is 46.4 Å². The molecule has 0 radical (unpaired) electrons. The topological polar surface area (TPSA) is 64.7 Å². The van der Waals surface area contributed by atoms with Crippen molar-refractivity contribution in [2.24, 2.45) is 20.0 Å². The SMILES string of the molecule is INC1=CC2=NC=NC3=NC=NC(=C1)N23. The summed E-state index contributed by atoms with van der Waals surface area (Å²) in [5.41, 5.74) is 0.953. The Balaban J connectivity index is 2.16. The molecule has 0 saturated carbocycles. The fraction of sp³-hybridized carbons (Fsp3) is 0. The van der Waals surface area contributed by atoms with Crippen LogP contribution in [0.3, 0.4) is 0 Å². The summed E-state index contributed by atoms with van der Waals surface area (Å²) in [7, 11) is 0. The Hall–Kier alpha value is -1.51.